The van der Waals surface area contributed by atoms with Crippen molar-refractivity contribution < 1.29 is 32.3 Å². The Kier molecular flexibility index (Phi) is 13.0. The van der Waals surface area contributed by atoms with Crippen LogP contribution in [0.1, 0.15) is 98.0 Å². The molecule has 4 aliphatic rings. The molecule has 2 aliphatic heterocycles. The number of imidazole rings is 1. The van der Waals surface area contributed by atoms with Crippen LogP contribution in [0.15, 0.2) is 58.2 Å². The second-order valence-electron chi connectivity index (χ2n) is 17.7. The minimum absolute atomic E-state index is 0.0324. The van der Waals surface area contributed by atoms with Gasteiger partial charge in [0.1, 0.15) is 18.1 Å². The molecule has 3 amide bonds. The van der Waals surface area contributed by atoms with Crippen LogP contribution in [0.2, 0.25) is 0 Å². The number of hydrogen-bond donors (Lipinski definition) is 4. The zero-order valence-corrected chi connectivity index (χ0v) is 35.9. The molecule has 5 aromatic rings. The number of nitrogens with zero attached hydrogens (tertiary/aromatic N) is 7. The molecule has 0 bridgehead atoms. The Morgan fingerprint density at radius 3 is 2.59 bits per heavy atom. The maximum atomic E-state index is 14.2. The number of oxazole rings is 1. The minimum atomic E-state index is -2.87. The summed E-state index contributed by atoms with van der Waals surface area (Å²) in [6.07, 6.45) is 9.64. The summed E-state index contributed by atoms with van der Waals surface area (Å²) in [5.74, 6) is 0.602. The first-order valence-electron chi connectivity index (χ1n) is 22.5. The predicted molar refractivity (Wildman–Crippen MR) is 233 cm³/mol. The van der Waals surface area contributed by atoms with E-state index in [1.54, 1.807) is 34.6 Å². The van der Waals surface area contributed by atoms with Gasteiger partial charge in [0.05, 0.1) is 35.5 Å². The summed E-state index contributed by atoms with van der Waals surface area (Å²) >= 11 is 0. The molecule has 0 spiro atoms. The number of alkyl halides is 2. The summed E-state index contributed by atoms with van der Waals surface area (Å²) in [5.41, 5.74) is 2.39. The normalized spacial score (nSPS) is 22.0. The Morgan fingerprint density at radius 2 is 1.80 bits per heavy atom. The van der Waals surface area contributed by atoms with E-state index in [9.17, 15) is 28.0 Å². The number of anilines is 2. The van der Waals surface area contributed by atoms with Crippen LogP contribution < -0.4 is 27.0 Å². The van der Waals surface area contributed by atoms with Crippen LogP contribution in [0.25, 0.3) is 22.5 Å². The Hall–Kier alpha value is -5.79. The standard InChI is InChI=1S/C45H55F2N11O6/c1-55-37-19-27(8-11-35(37)58(45(55)62)36-12-13-39(59)53-43(36)61)3-2-16-56-17-18-63-32(24-56)23-48-21-28-6-9-31(10-7-28)57-25-33(40(54-57)41(46)47)51-42(60)34-26-64-44(52-34)30-14-15-49-38(20-30)50-22-29-4-5-29/h8,11,14-15,19-20,25-26,28-29,31-32,36,41,48H,2-7,9-10,12-13,16-18,21-24H2,1H3,(H,49,50)(H,51,60)(H,53,59,61)/t28-,31-,32-,36?/m1/s1. The molecule has 340 valence electrons. The third kappa shape index (κ3) is 9.95. The molecule has 4 aromatic heterocycles. The molecular weight excluding hydrogens is 829 g/mol. The van der Waals surface area contributed by atoms with Gasteiger partial charge in [-0.05, 0) is 113 Å². The topological polar surface area (TPSA) is 195 Å². The average Bonchev–Trinajstić information content (AvgIpc) is 3.71. The van der Waals surface area contributed by atoms with E-state index in [1.807, 2.05) is 18.2 Å². The molecule has 2 aliphatic carbocycles. The average molecular weight is 884 g/mol. The van der Waals surface area contributed by atoms with E-state index in [2.05, 4.69) is 41.2 Å². The van der Waals surface area contributed by atoms with E-state index >= 15 is 0 Å². The Bertz CT molecular complexity index is 2540. The highest BCUT2D eigenvalue weighted by Gasteiger charge is 2.32. The van der Waals surface area contributed by atoms with E-state index in [-0.39, 0.29) is 47.4 Å². The van der Waals surface area contributed by atoms with E-state index in [0.29, 0.717) is 41.8 Å². The van der Waals surface area contributed by atoms with Gasteiger partial charge >= 0.3 is 5.69 Å². The number of amides is 3. The summed E-state index contributed by atoms with van der Waals surface area (Å²) in [6, 6.07) is 8.71. The monoisotopic (exact) mass is 883 g/mol. The summed E-state index contributed by atoms with van der Waals surface area (Å²) in [7, 11) is 1.71. The van der Waals surface area contributed by atoms with Crippen molar-refractivity contribution in [1.29, 1.82) is 0 Å². The lowest BCUT2D eigenvalue weighted by Crippen LogP contribution is -2.47. The Labute approximate surface area is 368 Å². The first kappa shape index (κ1) is 43.5. The SMILES string of the molecule is Cn1c(=O)n(C2CCC(=O)NC2=O)c2ccc(CCCN3CCO[C@H](CNC[C@H]4CC[C@H](n5cc(NC(=O)c6coc(-c7ccnc(NCC8CC8)c7)n6)c(C(F)F)n5)CC4)C3)cc21. The number of carbonyl (C=O) groups is 3. The number of aromatic nitrogens is 6. The third-order valence-corrected chi connectivity index (χ3v) is 13.1. The van der Waals surface area contributed by atoms with E-state index in [4.69, 9.17) is 9.15 Å². The minimum Gasteiger partial charge on any atom is -0.444 e. The summed E-state index contributed by atoms with van der Waals surface area (Å²) in [6.45, 7) is 5.68. The van der Waals surface area contributed by atoms with Crippen molar-refractivity contribution in [1.82, 2.24) is 44.4 Å². The highest BCUT2D eigenvalue weighted by atomic mass is 19.3. The summed E-state index contributed by atoms with van der Waals surface area (Å²) < 4.78 is 44.7. The Morgan fingerprint density at radius 1 is 0.984 bits per heavy atom. The van der Waals surface area contributed by atoms with E-state index < -0.39 is 30.0 Å². The number of aryl methyl sites for hydroxylation is 2. The Balaban J connectivity index is 0.707. The fourth-order valence-electron chi connectivity index (χ4n) is 9.25. The van der Waals surface area contributed by atoms with E-state index in [0.717, 1.165) is 88.9 Å². The van der Waals surface area contributed by atoms with Gasteiger partial charge in [0.15, 0.2) is 11.4 Å². The number of pyridine rings is 1. The largest absolute Gasteiger partial charge is 0.444 e. The van der Waals surface area contributed by atoms with Crippen molar-refractivity contribution in [3.05, 3.63) is 76.4 Å². The van der Waals surface area contributed by atoms with Crippen LogP contribution in [0, 0.1) is 11.8 Å². The molecule has 9 rings (SSSR count). The van der Waals surface area contributed by atoms with Crippen molar-refractivity contribution in [2.24, 2.45) is 18.9 Å². The molecule has 4 N–H and O–H groups in total. The molecule has 2 atom stereocenters. The number of rotatable bonds is 17. The third-order valence-electron chi connectivity index (χ3n) is 13.1. The first-order chi connectivity index (χ1) is 31.1. The van der Waals surface area contributed by atoms with Crippen molar-refractivity contribution in [2.75, 3.05) is 56.5 Å². The predicted octanol–water partition coefficient (Wildman–Crippen LogP) is 5.23. The van der Waals surface area contributed by atoms with Crippen molar-refractivity contribution in [3.8, 4) is 11.5 Å². The second-order valence-corrected chi connectivity index (χ2v) is 17.7. The van der Waals surface area contributed by atoms with Gasteiger partial charge in [0.2, 0.25) is 17.7 Å². The van der Waals surface area contributed by atoms with Gasteiger partial charge in [-0.3, -0.25) is 38.4 Å². The molecule has 64 heavy (non-hydrogen) atoms. The molecular formula is C45H55F2N11O6. The maximum Gasteiger partial charge on any atom is 0.329 e. The number of benzene rings is 1. The zero-order chi connectivity index (χ0) is 44.3. The molecule has 2 saturated heterocycles. The molecule has 4 fully saturated rings. The van der Waals surface area contributed by atoms with Gasteiger partial charge in [-0.15, -0.1) is 0 Å². The number of carbonyl (C=O) groups excluding carboxylic acids is 3. The number of ether oxygens (including phenoxy) is 1. The van der Waals surface area contributed by atoms with Gasteiger partial charge in [0.25, 0.3) is 12.3 Å². The fraction of sp³-hybridized carbons (Fsp3) is 0.533. The van der Waals surface area contributed by atoms with Gasteiger partial charge < -0.3 is 25.1 Å². The molecule has 6 heterocycles. The number of imide groups is 1. The van der Waals surface area contributed by atoms with Gasteiger partial charge in [-0.1, -0.05) is 6.07 Å². The van der Waals surface area contributed by atoms with Crippen LogP contribution in [0.4, 0.5) is 20.3 Å². The summed E-state index contributed by atoms with van der Waals surface area (Å²) in [4.78, 5) is 61.6. The number of fused-ring (bicyclic) bond motifs is 1. The summed E-state index contributed by atoms with van der Waals surface area (Å²) in [5, 5.41) is 16.1. The second kappa shape index (κ2) is 19.1. The van der Waals surface area contributed by atoms with Crippen LogP contribution >= 0.6 is 0 Å². The van der Waals surface area contributed by atoms with E-state index in [1.165, 1.54) is 29.9 Å². The van der Waals surface area contributed by atoms with Crippen LogP contribution in [0.5, 0.6) is 0 Å². The molecule has 17 nitrogen and oxygen atoms in total. The lowest BCUT2D eigenvalue weighted by Gasteiger charge is -2.34. The van der Waals surface area contributed by atoms with Gasteiger partial charge in [-0.2, -0.15) is 5.10 Å². The molecule has 19 heteroatoms. The molecule has 0 radical (unpaired) electrons. The molecule has 2 saturated carbocycles. The molecule has 1 aromatic carbocycles. The van der Waals surface area contributed by atoms with Crippen molar-refractivity contribution in [2.45, 2.75) is 88.8 Å². The smallest absolute Gasteiger partial charge is 0.329 e. The maximum absolute atomic E-state index is 14.2. The lowest BCUT2D eigenvalue weighted by molar-refractivity contribution is -0.135. The van der Waals surface area contributed by atoms with Gasteiger partial charge in [0, 0.05) is 57.6 Å². The highest BCUT2D eigenvalue weighted by Crippen LogP contribution is 2.35. The number of halogens is 2. The highest BCUT2D eigenvalue weighted by molar-refractivity contribution is 6.03. The van der Waals surface area contributed by atoms with Crippen molar-refractivity contribution in [3.63, 3.8) is 0 Å². The number of morpholine rings is 1. The number of piperidine rings is 1. The lowest BCUT2D eigenvalue weighted by atomic mass is 9.86. The number of nitrogens with one attached hydrogen (secondary N) is 4. The van der Waals surface area contributed by atoms with Crippen LogP contribution in [-0.4, -0.2) is 103 Å². The van der Waals surface area contributed by atoms with Crippen LogP contribution in [-0.2, 0) is 27.8 Å². The van der Waals surface area contributed by atoms with Crippen LogP contribution in [0.3, 0.4) is 0 Å². The quantitative estimate of drug-likeness (QED) is 0.0890. The number of hydrogen-bond acceptors (Lipinski definition) is 12. The fourth-order valence-corrected chi connectivity index (χ4v) is 9.25. The van der Waals surface area contributed by atoms with Crippen molar-refractivity contribution >= 4 is 40.3 Å². The first-order valence-corrected chi connectivity index (χ1v) is 22.5. The van der Waals surface area contributed by atoms with Gasteiger partial charge in [-0.25, -0.2) is 23.5 Å². The zero-order valence-electron chi connectivity index (χ0n) is 35.9. The molecule has 1 unspecified atom stereocenters.